The average Bonchev–Trinajstić information content (AvgIpc) is 2.71. The van der Waals surface area contributed by atoms with Gasteiger partial charge in [0, 0.05) is 6.07 Å². The van der Waals surface area contributed by atoms with Crippen molar-refractivity contribution in [2.45, 2.75) is 31.1 Å². The highest BCUT2D eigenvalue weighted by atomic mass is 79.9. The lowest BCUT2D eigenvalue weighted by atomic mass is 9.87. The predicted octanol–water partition coefficient (Wildman–Crippen LogP) is 5.79. The standard InChI is InChI=1S/C21H21BrClN3O4S/c1-21(2,3)13-5-8-15(9-6-13)31(27,28)26-20-18(19(23)24-12-25-20)30-17-11-14(29-4)7-10-16(17)22/h5-12H,1-4H3,(H,24,25,26). The molecule has 7 nitrogen and oxygen atoms in total. The summed E-state index contributed by atoms with van der Waals surface area (Å²) < 4.78 is 40.0. The number of hydrogen-bond acceptors (Lipinski definition) is 6. The number of benzene rings is 2. The van der Waals surface area contributed by atoms with Gasteiger partial charge in [-0.2, -0.15) is 0 Å². The summed E-state index contributed by atoms with van der Waals surface area (Å²) in [7, 11) is -2.42. The van der Waals surface area contributed by atoms with Gasteiger partial charge in [0.25, 0.3) is 10.0 Å². The third-order valence-electron chi connectivity index (χ3n) is 4.37. The topological polar surface area (TPSA) is 90.4 Å². The van der Waals surface area contributed by atoms with E-state index in [0.717, 1.165) is 11.9 Å². The van der Waals surface area contributed by atoms with E-state index in [1.165, 1.54) is 7.11 Å². The van der Waals surface area contributed by atoms with Crippen molar-refractivity contribution >= 4 is 43.4 Å². The van der Waals surface area contributed by atoms with Crippen molar-refractivity contribution in [3.8, 4) is 17.2 Å². The van der Waals surface area contributed by atoms with E-state index in [0.29, 0.717) is 16.0 Å². The molecule has 0 amide bonds. The Balaban J connectivity index is 1.95. The first-order valence-electron chi connectivity index (χ1n) is 9.16. The number of ether oxygens (including phenoxy) is 2. The summed E-state index contributed by atoms with van der Waals surface area (Å²) in [5, 5.41) is -0.0505. The van der Waals surface area contributed by atoms with E-state index in [-0.39, 0.29) is 27.0 Å². The number of hydrogen-bond donors (Lipinski definition) is 1. The van der Waals surface area contributed by atoms with Crippen LogP contribution in [0.2, 0.25) is 5.15 Å². The zero-order chi connectivity index (χ0) is 22.8. The van der Waals surface area contributed by atoms with E-state index in [9.17, 15) is 8.42 Å². The Morgan fingerprint density at radius 3 is 2.35 bits per heavy atom. The third kappa shape index (κ3) is 5.47. The molecule has 0 atom stereocenters. The highest BCUT2D eigenvalue weighted by Gasteiger charge is 2.22. The summed E-state index contributed by atoms with van der Waals surface area (Å²) in [5.41, 5.74) is 0.921. The maximum absolute atomic E-state index is 12.9. The quantitative estimate of drug-likeness (QED) is 0.409. The predicted molar refractivity (Wildman–Crippen MR) is 124 cm³/mol. The molecule has 0 saturated heterocycles. The maximum atomic E-state index is 12.9. The summed E-state index contributed by atoms with van der Waals surface area (Å²) in [5.74, 6) is 0.779. The SMILES string of the molecule is COc1ccc(Br)c(Oc2c(Cl)ncnc2NS(=O)(=O)c2ccc(C(C)(C)C)cc2)c1. The van der Waals surface area contributed by atoms with Gasteiger partial charge in [-0.15, -0.1) is 0 Å². The van der Waals surface area contributed by atoms with Crippen molar-refractivity contribution in [3.05, 3.63) is 64.0 Å². The van der Waals surface area contributed by atoms with Crippen molar-refractivity contribution in [1.82, 2.24) is 9.97 Å². The number of rotatable bonds is 6. The zero-order valence-electron chi connectivity index (χ0n) is 17.3. The van der Waals surface area contributed by atoms with Gasteiger partial charge >= 0.3 is 0 Å². The molecule has 2 aromatic carbocycles. The molecule has 0 aliphatic carbocycles. The highest BCUT2D eigenvalue weighted by Crippen LogP contribution is 2.39. The average molecular weight is 527 g/mol. The van der Waals surface area contributed by atoms with Crippen LogP contribution in [-0.4, -0.2) is 25.5 Å². The van der Waals surface area contributed by atoms with Crippen molar-refractivity contribution in [3.63, 3.8) is 0 Å². The van der Waals surface area contributed by atoms with Crippen LogP contribution < -0.4 is 14.2 Å². The molecule has 1 N–H and O–H groups in total. The number of anilines is 1. The van der Waals surface area contributed by atoms with E-state index in [4.69, 9.17) is 21.1 Å². The summed E-state index contributed by atoms with van der Waals surface area (Å²) in [4.78, 5) is 8.00. The number of halogens is 2. The van der Waals surface area contributed by atoms with Crippen LogP contribution in [0.15, 0.2) is 58.2 Å². The number of sulfonamides is 1. The van der Waals surface area contributed by atoms with Gasteiger partial charge in [-0.05, 0) is 51.2 Å². The Bertz CT molecular complexity index is 1200. The van der Waals surface area contributed by atoms with E-state index < -0.39 is 10.0 Å². The van der Waals surface area contributed by atoms with Crippen molar-refractivity contribution in [2.24, 2.45) is 0 Å². The molecule has 0 spiro atoms. The lowest BCUT2D eigenvalue weighted by molar-refractivity contribution is 0.408. The van der Waals surface area contributed by atoms with Gasteiger partial charge in [0.15, 0.2) is 11.0 Å². The minimum atomic E-state index is -3.95. The zero-order valence-corrected chi connectivity index (χ0v) is 20.5. The number of aromatic nitrogens is 2. The van der Waals surface area contributed by atoms with Crippen molar-refractivity contribution < 1.29 is 17.9 Å². The monoisotopic (exact) mass is 525 g/mol. The van der Waals surface area contributed by atoms with Gasteiger partial charge in [-0.3, -0.25) is 4.72 Å². The first-order chi connectivity index (χ1) is 14.5. The second-order valence-corrected chi connectivity index (χ2v) is 10.5. The molecule has 1 heterocycles. The van der Waals surface area contributed by atoms with Gasteiger partial charge in [0.05, 0.1) is 16.5 Å². The van der Waals surface area contributed by atoms with Gasteiger partial charge < -0.3 is 9.47 Å². The molecule has 3 rings (SSSR count). The van der Waals surface area contributed by atoms with Crippen LogP contribution in [0.5, 0.6) is 17.2 Å². The normalized spacial score (nSPS) is 11.8. The summed E-state index contributed by atoms with van der Waals surface area (Å²) in [6, 6.07) is 11.8. The van der Waals surface area contributed by atoms with E-state index >= 15 is 0 Å². The molecule has 31 heavy (non-hydrogen) atoms. The Hall–Kier alpha value is -2.36. The fraction of sp³-hybridized carbons (Fsp3) is 0.238. The van der Waals surface area contributed by atoms with Crippen LogP contribution in [0.3, 0.4) is 0 Å². The van der Waals surface area contributed by atoms with Crippen LogP contribution in [0.1, 0.15) is 26.3 Å². The summed E-state index contributed by atoms with van der Waals surface area (Å²) in [6.45, 7) is 6.16. The second kappa shape index (κ2) is 9.02. The molecular formula is C21H21BrClN3O4S. The van der Waals surface area contributed by atoms with Crippen LogP contribution in [-0.2, 0) is 15.4 Å². The molecule has 0 bridgehead atoms. The number of methoxy groups -OCH3 is 1. The highest BCUT2D eigenvalue weighted by molar-refractivity contribution is 9.10. The minimum Gasteiger partial charge on any atom is -0.497 e. The van der Waals surface area contributed by atoms with Gasteiger partial charge in [0.1, 0.15) is 17.8 Å². The molecule has 0 aliphatic rings. The van der Waals surface area contributed by atoms with E-state index in [2.05, 4.69) is 51.4 Å². The first-order valence-corrected chi connectivity index (χ1v) is 11.8. The fourth-order valence-corrected chi connectivity index (χ4v) is 4.15. The summed E-state index contributed by atoms with van der Waals surface area (Å²) >= 11 is 9.58. The molecule has 0 saturated carbocycles. The second-order valence-electron chi connectivity index (χ2n) is 7.62. The lowest BCUT2D eigenvalue weighted by Crippen LogP contribution is -2.16. The Morgan fingerprint density at radius 2 is 1.74 bits per heavy atom. The molecule has 0 unspecified atom stereocenters. The number of nitrogens with zero attached hydrogens (tertiary/aromatic N) is 2. The van der Waals surface area contributed by atoms with Crippen molar-refractivity contribution in [1.29, 1.82) is 0 Å². The largest absolute Gasteiger partial charge is 0.497 e. The molecule has 0 aliphatic heterocycles. The molecule has 1 aromatic heterocycles. The Kier molecular flexibility index (Phi) is 6.78. The first kappa shape index (κ1) is 23.3. The molecule has 10 heteroatoms. The van der Waals surface area contributed by atoms with Gasteiger partial charge in [-0.25, -0.2) is 18.4 Å². The Morgan fingerprint density at radius 1 is 1.06 bits per heavy atom. The van der Waals surface area contributed by atoms with Crippen LogP contribution >= 0.6 is 27.5 Å². The van der Waals surface area contributed by atoms with E-state index in [1.807, 2.05) is 0 Å². The summed E-state index contributed by atoms with van der Waals surface area (Å²) in [6.07, 6.45) is 1.15. The number of nitrogens with one attached hydrogen (secondary N) is 1. The smallest absolute Gasteiger partial charge is 0.263 e. The van der Waals surface area contributed by atoms with E-state index in [1.54, 1.807) is 42.5 Å². The molecule has 0 fully saturated rings. The maximum Gasteiger partial charge on any atom is 0.263 e. The minimum absolute atomic E-state index is 0.0343. The molecule has 164 valence electrons. The van der Waals surface area contributed by atoms with Gasteiger partial charge in [-0.1, -0.05) is 44.5 Å². The lowest BCUT2D eigenvalue weighted by Gasteiger charge is -2.19. The van der Waals surface area contributed by atoms with Crippen LogP contribution in [0, 0.1) is 0 Å². The molecule has 0 radical (unpaired) electrons. The molecule has 3 aromatic rings. The fourth-order valence-electron chi connectivity index (χ4n) is 2.63. The Labute approximate surface area is 195 Å². The third-order valence-corrected chi connectivity index (χ3v) is 6.65. The van der Waals surface area contributed by atoms with Crippen LogP contribution in [0.4, 0.5) is 5.82 Å². The van der Waals surface area contributed by atoms with Crippen molar-refractivity contribution in [2.75, 3.05) is 11.8 Å². The molecular weight excluding hydrogens is 506 g/mol. The van der Waals surface area contributed by atoms with Gasteiger partial charge in [0.2, 0.25) is 5.75 Å². The van der Waals surface area contributed by atoms with Crippen LogP contribution in [0.25, 0.3) is 0 Å².